The fourth-order valence-corrected chi connectivity index (χ4v) is 3.84. The molecule has 0 aliphatic heterocycles. The number of aromatic nitrogens is 1. The zero-order valence-electron chi connectivity index (χ0n) is 16.0. The summed E-state index contributed by atoms with van der Waals surface area (Å²) in [4.78, 5) is 16.8. The third-order valence-electron chi connectivity index (χ3n) is 5.48. The number of hydrogen-bond donors (Lipinski definition) is 0. The molecule has 27 heavy (non-hydrogen) atoms. The summed E-state index contributed by atoms with van der Waals surface area (Å²) >= 11 is 0. The van der Waals surface area contributed by atoms with E-state index in [-0.39, 0.29) is 17.7 Å². The zero-order chi connectivity index (χ0) is 19.1. The maximum Gasteiger partial charge on any atom is 0.314 e. The van der Waals surface area contributed by atoms with Gasteiger partial charge in [-0.1, -0.05) is 31.9 Å². The van der Waals surface area contributed by atoms with E-state index in [2.05, 4.69) is 11.9 Å². The standard InChI is InChI=1S/C23H28FNO2/c1-2-3-17-4-9-19(10-5-17)23(26)27-22-15-14-21(25-16-22)13-8-18-6-11-20(24)12-7-18/h6-7,11-12,14-17,19H,2-5,8-10,13H2,1H3/t17-,19-. The summed E-state index contributed by atoms with van der Waals surface area (Å²) in [5, 5.41) is 0. The maximum atomic E-state index is 12.9. The molecule has 0 spiro atoms. The Morgan fingerprint density at radius 3 is 2.44 bits per heavy atom. The van der Waals surface area contributed by atoms with Gasteiger partial charge in [0.05, 0.1) is 12.1 Å². The Morgan fingerprint density at radius 2 is 1.81 bits per heavy atom. The third kappa shape index (κ3) is 5.88. The van der Waals surface area contributed by atoms with Gasteiger partial charge in [0.15, 0.2) is 0 Å². The molecule has 0 saturated heterocycles. The molecule has 0 radical (unpaired) electrons. The molecule has 0 atom stereocenters. The van der Waals surface area contributed by atoms with Gasteiger partial charge in [-0.05, 0) is 74.3 Å². The molecule has 2 aromatic rings. The summed E-state index contributed by atoms with van der Waals surface area (Å²) < 4.78 is 18.5. The molecule has 0 bridgehead atoms. The van der Waals surface area contributed by atoms with Crippen molar-refractivity contribution in [2.45, 2.75) is 58.3 Å². The minimum absolute atomic E-state index is 0.0243. The van der Waals surface area contributed by atoms with E-state index in [1.54, 1.807) is 18.3 Å². The second kappa shape index (κ2) is 9.63. The van der Waals surface area contributed by atoms with E-state index in [4.69, 9.17) is 4.74 Å². The van der Waals surface area contributed by atoms with Crippen LogP contribution in [0, 0.1) is 17.7 Å². The number of aryl methyl sites for hydroxylation is 2. The summed E-state index contributed by atoms with van der Waals surface area (Å²) in [6.45, 7) is 2.22. The van der Waals surface area contributed by atoms with Gasteiger partial charge >= 0.3 is 5.97 Å². The number of carbonyl (C=O) groups is 1. The van der Waals surface area contributed by atoms with E-state index in [1.165, 1.54) is 25.0 Å². The van der Waals surface area contributed by atoms with E-state index >= 15 is 0 Å². The van der Waals surface area contributed by atoms with Crippen molar-refractivity contribution < 1.29 is 13.9 Å². The Bertz CT molecular complexity index is 719. The van der Waals surface area contributed by atoms with Crippen LogP contribution in [0.2, 0.25) is 0 Å². The molecule has 1 aliphatic rings. The van der Waals surface area contributed by atoms with Gasteiger partial charge in [-0.3, -0.25) is 9.78 Å². The Kier molecular flexibility index (Phi) is 6.97. The first-order chi connectivity index (χ1) is 13.1. The lowest BCUT2D eigenvalue weighted by atomic mass is 9.80. The van der Waals surface area contributed by atoms with E-state index in [9.17, 15) is 9.18 Å². The largest absolute Gasteiger partial charge is 0.425 e. The van der Waals surface area contributed by atoms with Crippen LogP contribution in [0.5, 0.6) is 5.75 Å². The quantitative estimate of drug-likeness (QED) is 0.604. The van der Waals surface area contributed by atoms with Crippen LogP contribution >= 0.6 is 0 Å². The molecule has 1 aromatic carbocycles. The van der Waals surface area contributed by atoms with Gasteiger partial charge in [0.1, 0.15) is 11.6 Å². The van der Waals surface area contributed by atoms with Gasteiger partial charge in [-0.2, -0.15) is 0 Å². The van der Waals surface area contributed by atoms with Gasteiger partial charge in [0.2, 0.25) is 0 Å². The molecule has 0 amide bonds. The van der Waals surface area contributed by atoms with Crippen molar-refractivity contribution in [3.63, 3.8) is 0 Å². The number of nitrogens with zero attached hydrogens (tertiary/aromatic N) is 1. The van der Waals surface area contributed by atoms with Gasteiger partial charge in [0.25, 0.3) is 0 Å². The van der Waals surface area contributed by atoms with Gasteiger partial charge in [-0.15, -0.1) is 0 Å². The molecule has 4 heteroatoms. The molecule has 3 nitrogen and oxygen atoms in total. The SMILES string of the molecule is CCC[C@H]1CC[C@H](C(=O)Oc2ccc(CCc3ccc(F)cc3)nc2)CC1. The van der Waals surface area contributed by atoms with Gasteiger partial charge in [0, 0.05) is 5.69 Å². The Labute approximate surface area is 161 Å². The lowest BCUT2D eigenvalue weighted by Crippen LogP contribution is -2.25. The van der Waals surface area contributed by atoms with Crippen LogP contribution in [0.15, 0.2) is 42.6 Å². The maximum absolute atomic E-state index is 12.9. The first kappa shape index (κ1) is 19.5. The van der Waals surface area contributed by atoms with Crippen LogP contribution in [0.3, 0.4) is 0 Å². The number of pyridine rings is 1. The monoisotopic (exact) mass is 369 g/mol. The second-order valence-corrected chi connectivity index (χ2v) is 7.54. The third-order valence-corrected chi connectivity index (χ3v) is 5.48. The van der Waals surface area contributed by atoms with Crippen LogP contribution < -0.4 is 4.74 Å². The average Bonchev–Trinajstić information content (AvgIpc) is 2.69. The smallest absolute Gasteiger partial charge is 0.314 e. The van der Waals surface area contributed by atoms with Crippen molar-refractivity contribution in [2.24, 2.45) is 11.8 Å². The number of rotatable bonds is 7. The van der Waals surface area contributed by atoms with Crippen LogP contribution in [0.4, 0.5) is 4.39 Å². The number of benzene rings is 1. The highest BCUT2D eigenvalue weighted by Gasteiger charge is 2.27. The number of halogens is 1. The van der Waals surface area contributed by atoms with E-state index in [1.807, 2.05) is 12.1 Å². The van der Waals surface area contributed by atoms with Crippen molar-refractivity contribution >= 4 is 5.97 Å². The predicted molar refractivity (Wildman–Crippen MR) is 104 cm³/mol. The van der Waals surface area contributed by atoms with Crippen molar-refractivity contribution in [1.82, 2.24) is 4.98 Å². The van der Waals surface area contributed by atoms with Crippen LogP contribution in [0.25, 0.3) is 0 Å². The topological polar surface area (TPSA) is 39.2 Å². The summed E-state index contributed by atoms with van der Waals surface area (Å²) in [7, 11) is 0. The average molecular weight is 369 g/mol. The molecule has 1 aliphatic carbocycles. The lowest BCUT2D eigenvalue weighted by molar-refractivity contribution is -0.140. The van der Waals surface area contributed by atoms with Crippen LogP contribution in [-0.2, 0) is 17.6 Å². The number of ether oxygens (including phenoxy) is 1. The molecule has 1 heterocycles. The van der Waals surface area contributed by atoms with Crippen molar-refractivity contribution in [2.75, 3.05) is 0 Å². The number of carbonyl (C=O) groups excluding carboxylic acids is 1. The highest BCUT2D eigenvalue weighted by Crippen LogP contribution is 2.32. The lowest BCUT2D eigenvalue weighted by Gasteiger charge is -2.26. The fourth-order valence-electron chi connectivity index (χ4n) is 3.84. The van der Waals surface area contributed by atoms with Crippen LogP contribution in [0.1, 0.15) is 56.7 Å². The summed E-state index contributed by atoms with van der Waals surface area (Å²) in [5.41, 5.74) is 2.01. The van der Waals surface area contributed by atoms with Crippen molar-refractivity contribution in [1.29, 1.82) is 0 Å². The first-order valence-corrected chi connectivity index (χ1v) is 10.0. The second-order valence-electron chi connectivity index (χ2n) is 7.54. The van der Waals surface area contributed by atoms with Crippen molar-refractivity contribution in [3.8, 4) is 5.75 Å². The van der Waals surface area contributed by atoms with E-state index in [0.29, 0.717) is 5.75 Å². The van der Waals surface area contributed by atoms with Gasteiger partial charge < -0.3 is 4.74 Å². The van der Waals surface area contributed by atoms with E-state index in [0.717, 1.165) is 55.7 Å². The number of hydrogen-bond acceptors (Lipinski definition) is 3. The molecular weight excluding hydrogens is 341 g/mol. The zero-order valence-corrected chi connectivity index (χ0v) is 16.0. The molecule has 3 rings (SSSR count). The molecule has 1 fully saturated rings. The minimum Gasteiger partial charge on any atom is -0.425 e. The fraction of sp³-hybridized carbons (Fsp3) is 0.478. The minimum atomic E-state index is -0.220. The van der Waals surface area contributed by atoms with Gasteiger partial charge in [-0.25, -0.2) is 4.39 Å². The van der Waals surface area contributed by atoms with E-state index < -0.39 is 0 Å². The molecule has 144 valence electrons. The first-order valence-electron chi connectivity index (χ1n) is 10.0. The molecule has 1 saturated carbocycles. The molecule has 0 unspecified atom stereocenters. The summed E-state index contributed by atoms with van der Waals surface area (Å²) in [5.74, 6) is 0.978. The Morgan fingerprint density at radius 1 is 1.07 bits per heavy atom. The predicted octanol–water partition coefficient (Wildman–Crippen LogP) is 5.52. The molecule has 1 aromatic heterocycles. The normalized spacial score (nSPS) is 19.6. The Balaban J connectivity index is 1.46. The highest BCUT2D eigenvalue weighted by molar-refractivity contribution is 5.75. The Hall–Kier alpha value is -2.23. The summed E-state index contributed by atoms with van der Waals surface area (Å²) in [6, 6.07) is 10.2. The van der Waals surface area contributed by atoms with Crippen LogP contribution in [-0.4, -0.2) is 11.0 Å². The van der Waals surface area contributed by atoms with Crippen molar-refractivity contribution in [3.05, 3.63) is 59.7 Å². The molecule has 0 N–H and O–H groups in total. The number of esters is 1. The summed E-state index contributed by atoms with van der Waals surface area (Å²) in [6.07, 6.45) is 9.82. The highest BCUT2D eigenvalue weighted by atomic mass is 19.1. The molecular formula is C23H28FNO2.